The van der Waals surface area contributed by atoms with Crippen molar-refractivity contribution < 1.29 is 23.2 Å². The quantitative estimate of drug-likeness (QED) is 0.531. The van der Waals surface area contributed by atoms with E-state index in [4.69, 9.17) is 18.4 Å². The van der Waals surface area contributed by atoms with Gasteiger partial charge in [0.05, 0.1) is 0 Å². The average molecular weight is 208 g/mol. The molecule has 0 aromatic heterocycles. The first-order valence-electron chi connectivity index (χ1n) is 3.56. The lowest BCUT2D eigenvalue weighted by Gasteiger charge is -2.05. The van der Waals surface area contributed by atoms with Crippen molar-refractivity contribution in [1.82, 2.24) is 0 Å². The minimum absolute atomic E-state index is 0.891. The molecule has 0 aliphatic heterocycles. The van der Waals surface area contributed by atoms with Crippen LogP contribution in [-0.2, 0) is 18.1 Å². The molecule has 0 aromatic rings. The summed E-state index contributed by atoms with van der Waals surface area (Å²) in [5.74, 6) is -0.891. The van der Waals surface area contributed by atoms with Gasteiger partial charge in [-0.3, -0.25) is 0 Å². The topological polar surface area (TPSA) is 65.0 Å². The molecule has 0 fully saturated rings. The van der Waals surface area contributed by atoms with Gasteiger partial charge >= 0.3 is 15.5 Å². The molecule has 13 heavy (non-hydrogen) atoms. The van der Waals surface area contributed by atoms with Gasteiger partial charge in [0.25, 0.3) is 0 Å². The third-order valence-corrected chi connectivity index (χ3v) is 2.04. The molecule has 0 rings (SSSR count). The number of allylic oxidation sites excluding steroid dienone is 1. The van der Waals surface area contributed by atoms with Crippen LogP contribution in [0.25, 0.3) is 0 Å². The lowest BCUT2D eigenvalue weighted by Crippen LogP contribution is -2.21. The zero-order chi connectivity index (χ0) is 10.7. The molecule has 78 valence electrons. The Morgan fingerprint density at radius 2 is 1.62 bits per heavy atom. The maximum absolute atomic E-state index is 9.51. The third-order valence-electron chi connectivity index (χ3n) is 0.887. The minimum atomic E-state index is -1.67. The Hall–Kier alpha value is -0.693. The van der Waals surface area contributed by atoms with Crippen molar-refractivity contribution in [2.24, 2.45) is 0 Å². The molecule has 0 aliphatic carbocycles. The van der Waals surface area contributed by atoms with E-state index in [-0.39, 0.29) is 0 Å². The number of rotatable bonds is 4. The van der Waals surface area contributed by atoms with Crippen LogP contribution < -0.4 is 0 Å². The molecule has 0 saturated carbocycles. The summed E-state index contributed by atoms with van der Waals surface area (Å²) in [6.45, 7) is 1.66. The highest BCUT2D eigenvalue weighted by atomic mass is 28.3. The van der Waals surface area contributed by atoms with Crippen LogP contribution in [-0.4, -0.2) is 41.9 Å². The van der Waals surface area contributed by atoms with Crippen molar-refractivity contribution in [3.05, 3.63) is 12.2 Å². The molecule has 0 saturated heterocycles. The van der Waals surface area contributed by atoms with E-state index in [9.17, 15) is 4.79 Å². The van der Waals surface area contributed by atoms with Gasteiger partial charge in [0.1, 0.15) is 0 Å². The van der Waals surface area contributed by atoms with E-state index in [2.05, 4.69) is 0 Å². The molecule has 0 amide bonds. The molecule has 5 nitrogen and oxygen atoms in total. The first-order valence-corrected chi connectivity index (χ1v) is 4.97. The highest BCUT2D eigenvalue weighted by Crippen LogP contribution is 1.81. The van der Waals surface area contributed by atoms with Crippen LogP contribution in [0.5, 0.6) is 0 Å². The first-order chi connectivity index (χ1) is 6.12. The Bertz CT molecular complexity index is 138. The van der Waals surface area contributed by atoms with E-state index in [0.717, 1.165) is 6.08 Å². The van der Waals surface area contributed by atoms with Gasteiger partial charge in [-0.25, -0.2) is 4.79 Å². The standard InChI is InChI=1S/C4H6O2.C3H10O3Si/c1-2-3-4(5)6;1-4-7(5-2)6-3/h2-3H,1H3,(H,5,6);7H,1-3H3. The molecule has 0 unspecified atom stereocenters. The first kappa shape index (κ1) is 14.8. The minimum Gasteiger partial charge on any atom is -0.478 e. The van der Waals surface area contributed by atoms with Crippen LogP contribution in [0.3, 0.4) is 0 Å². The van der Waals surface area contributed by atoms with E-state index in [1.54, 1.807) is 28.3 Å². The summed E-state index contributed by atoms with van der Waals surface area (Å²) in [4.78, 5) is 9.51. The third kappa shape index (κ3) is 14.2. The molecule has 0 heterocycles. The van der Waals surface area contributed by atoms with Gasteiger partial charge < -0.3 is 18.4 Å². The zero-order valence-corrected chi connectivity index (χ0v) is 9.47. The second kappa shape index (κ2) is 11.3. The highest BCUT2D eigenvalue weighted by molar-refractivity contribution is 6.36. The summed E-state index contributed by atoms with van der Waals surface area (Å²) in [6, 6.07) is 0. The van der Waals surface area contributed by atoms with Crippen LogP contribution in [0.4, 0.5) is 0 Å². The summed E-state index contributed by atoms with van der Waals surface area (Å²) in [6.07, 6.45) is 2.56. The predicted molar refractivity (Wildman–Crippen MR) is 50.6 cm³/mol. The van der Waals surface area contributed by atoms with Crippen molar-refractivity contribution in [3.8, 4) is 0 Å². The SMILES string of the molecule is CC=CC(=O)O.CO[SiH](OC)OC. The van der Waals surface area contributed by atoms with Crippen LogP contribution in [0.2, 0.25) is 0 Å². The second-order valence-corrected chi connectivity index (χ2v) is 3.83. The molecule has 0 spiro atoms. The predicted octanol–water partition coefficient (Wildman–Crippen LogP) is 0.290. The van der Waals surface area contributed by atoms with Crippen molar-refractivity contribution in [3.63, 3.8) is 0 Å². The van der Waals surface area contributed by atoms with Gasteiger partial charge in [0.2, 0.25) is 0 Å². The number of carbonyl (C=O) groups is 1. The second-order valence-electron chi connectivity index (χ2n) is 1.83. The van der Waals surface area contributed by atoms with Gasteiger partial charge in [-0.05, 0) is 6.92 Å². The Labute approximate surface area is 79.9 Å². The van der Waals surface area contributed by atoms with Gasteiger partial charge in [-0.2, -0.15) is 0 Å². The molecular formula is C7H16O5Si. The fourth-order valence-corrected chi connectivity index (χ4v) is 1.01. The summed E-state index contributed by atoms with van der Waals surface area (Å²) in [5.41, 5.74) is 0. The fourth-order valence-electron chi connectivity index (χ4n) is 0.431. The Kier molecular flexibility index (Phi) is 12.9. The van der Waals surface area contributed by atoms with E-state index in [1.165, 1.54) is 6.08 Å². The maximum Gasteiger partial charge on any atom is 0.483 e. The number of hydrogen-bond donors (Lipinski definition) is 1. The van der Waals surface area contributed by atoms with Gasteiger partial charge in [0, 0.05) is 27.4 Å². The van der Waals surface area contributed by atoms with Crippen LogP contribution in [0.15, 0.2) is 12.2 Å². The molecule has 0 bridgehead atoms. The smallest absolute Gasteiger partial charge is 0.478 e. The number of hydrogen-bond acceptors (Lipinski definition) is 4. The molecule has 6 heteroatoms. The van der Waals surface area contributed by atoms with E-state index >= 15 is 0 Å². The average Bonchev–Trinajstić information content (AvgIpc) is 2.08. The Morgan fingerprint density at radius 1 is 1.23 bits per heavy atom. The fraction of sp³-hybridized carbons (Fsp3) is 0.571. The van der Waals surface area contributed by atoms with Crippen molar-refractivity contribution in [2.45, 2.75) is 6.92 Å². The van der Waals surface area contributed by atoms with Gasteiger partial charge in [0.15, 0.2) is 0 Å². The van der Waals surface area contributed by atoms with Crippen molar-refractivity contribution in [2.75, 3.05) is 21.3 Å². The van der Waals surface area contributed by atoms with Crippen molar-refractivity contribution in [1.29, 1.82) is 0 Å². The molecule has 0 radical (unpaired) electrons. The summed E-state index contributed by atoms with van der Waals surface area (Å²) in [5, 5.41) is 7.83. The zero-order valence-electron chi connectivity index (χ0n) is 8.31. The summed E-state index contributed by atoms with van der Waals surface area (Å²) < 4.78 is 14.2. The highest BCUT2D eigenvalue weighted by Gasteiger charge is 2.04. The lowest BCUT2D eigenvalue weighted by molar-refractivity contribution is -0.131. The van der Waals surface area contributed by atoms with Crippen LogP contribution in [0, 0.1) is 0 Å². The van der Waals surface area contributed by atoms with E-state index in [0.29, 0.717) is 0 Å². The monoisotopic (exact) mass is 208 g/mol. The molecule has 1 N–H and O–H groups in total. The largest absolute Gasteiger partial charge is 0.483 e. The Morgan fingerprint density at radius 3 is 1.62 bits per heavy atom. The van der Waals surface area contributed by atoms with Crippen LogP contribution >= 0.6 is 0 Å². The molecule has 0 atom stereocenters. The summed E-state index contributed by atoms with van der Waals surface area (Å²) in [7, 11) is 3.05. The van der Waals surface area contributed by atoms with Gasteiger partial charge in [-0.1, -0.05) is 6.08 Å². The van der Waals surface area contributed by atoms with E-state index < -0.39 is 15.5 Å². The normalized spacial score (nSPS) is 9.92. The lowest BCUT2D eigenvalue weighted by atomic mass is 10.5. The van der Waals surface area contributed by atoms with E-state index in [1.807, 2.05) is 0 Å². The van der Waals surface area contributed by atoms with Gasteiger partial charge in [-0.15, -0.1) is 0 Å². The van der Waals surface area contributed by atoms with Crippen LogP contribution in [0.1, 0.15) is 6.92 Å². The summed E-state index contributed by atoms with van der Waals surface area (Å²) >= 11 is 0. The maximum atomic E-state index is 9.51. The molecule has 0 aliphatic rings. The molecule has 0 aromatic carbocycles. The number of aliphatic carboxylic acids is 1. The molecular weight excluding hydrogens is 192 g/mol. The van der Waals surface area contributed by atoms with Crippen molar-refractivity contribution >= 4 is 15.5 Å². The number of carboxylic acids is 1. The Balaban J connectivity index is 0. The number of carboxylic acid groups (broad SMARTS) is 1.